The van der Waals surface area contributed by atoms with E-state index in [9.17, 15) is 9.36 Å². The monoisotopic (exact) mass is 480 g/mol. The van der Waals surface area contributed by atoms with Crippen molar-refractivity contribution in [2.75, 3.05) is 20.3 Å². The van der Waals surface area contributed by atoms with Gasteiger partial charge in [0.25, 0.3) is 0 Å². The van der Waals surface area contributed by atoms with Crippen molar-refractivity contribution in [1.29, 1.82) is 0 Å². The zero-order valence-corrected chi connectivity index (χ0v) is 21.0. The molecule has 0 spiro atoms. The summed E-state index contributed by atoms with van der Waals surface area (Å²) in [6.07, 6.45) is 1.65. The minimum Gasteiger partial charge on any atom is -0.497 e. The van der Waals surface area contributed by atoms with Gasteiger partial charge >= 0.3 is 13.6 Å². The van der Waals surface area contributed by atoms with Gasteiger partial charge in [0, 0.05) is 0 Å². The number of aromatic nitrogens is 2. The molecular weight excluding hydrogens is 447 g/mol. The van der Waals surface area contributed by atoms with Gasteiger partial charge < -0.3 is 23.0 Å². The molecule has 2 aromatic rings. The van der Waals surface area contributed by atoms with Gasteiger partial charge in [-0.2, -0.15) is 4.98 Å². The van der Waals surface area contributed by atoms with Gasteiger partial charge in [-0.3, -0.25) is 9.36 Å². The first kappa shape index (κ1) is 25.4. The number of carbonyl (C=O) groups is 1. The summed E-state index contributed by atoms with van der Waals surface area (Å²) < 4.78 is 40.6. The number of hydrogen-bond acceptors (Lipinski definition) is 9. The van der Waals surface area contributed by atoms with Crippen LogP contribution in [0.3, 0.4) is 0 Å². The summed E-state index contributed by atoms with van der Waals surface area (Å²) >= 11 is 0. The zero-order valence-electron chi connectivity index (χ0n) is 20.1. The number of benzene rings is 1. The second-order valence-electron chi connectivity index (χ2n) is 8.95. The molecule has 9 nitrogen and oxygen atoms in total. The molecule has 0 bridgehead atoms. The molecule has 33 heavy (non-hydrogen) atoms. The Hall–Kier alpha value is -2.22. The molecule has 3 rings (SSSR count). The number of ether oxygens (including phenoxy) is 2. The molecule has 1 fully saturated rings. The molecular formula is C23H33N2O7P. The van der Waals surface area contributed by atoms with Crippen LogP contribution in [-0.2, 0) is 35.0 Å². The molecule has 10 heteroatoms. The molecule has 1 aromatic heterocycles. The zero-order chi connectivity index (χ0) is 24.3. The van der Waals surface area contributed by atoms with Gasteiger partial charge in [0.15, 0.2) is 11.5 Å². The average molecular weight is 480 g/mol. The van der Waals surface area contributed by atoms with E-state index in [2.05, 4.69) is 10.1 Å². The SMILES string of the molecule is CCOP(=O)(OCC)C(Cc1nc(C2(c3ccc(OC)cc3)CC2)no1)C(=O)OC(C)(C)C. The fourth-order valence-corrected chi connectivity index (χ4v) is 5.49. The molecule has 0 amide bonds. The Morgan fingerprint density at radius 3 is 2.24 bits per heavy atom. The van der Waals surface area contributed by atoms with Gasteiger partial charge in [-0.1, -0.05) is 17.3 Å². The lowest BCUT2D eigenvalue weighted by Crippen LogP contribution is -2.34. The van der Waals surface area contributed by atoms with Crippen molar-refractivity contribution in [3.8, 4) is 5.75 Å². The van der Waals surface area contributed by atoms with Crippen molar-refractivity contribution in [2.45, 2.75) is 70.6 Å². The largest absolute Gasteiger partial charge is 0.497 e. The minimum atomic E-state index is -3.84. The second-order valence-corrected chi connectivity index (χ2v) is 11.2. The Kier molecular flexibility index (Phi) is 7.66. The lowest BCUT2D eigenvalue weighted by molar-refractivity contribution is -0.154. The van der Waals surface area contributed by atoms with Crippen LogP contribution in [0.15, 0.2) is 28.8 Å². The molecule has 0 radical (unpaired) electrons. The van der Waals surface area contributed by atoms with Crippen LogP contribution in [0.25, 0.3) is 0 Å². The third kappa shape index (κ3) is 5.83. The quantitative estimate of drug-likeness (QED) is 0.334. The summed E-state index contributed by atoms with van der Waals surface area (Å²) in [6, 6.07) is 7.78. The number of rotatable bonds is 11. The Bertz CT molecular complexity index is 983. The molecule has 1 aromatic carbocycles. The third-order valence-corrected chi connectivity index (χ3v) is 7.73. The van der Waals surface area contributed by atoms with Crippen molar-refractivity contribution in [3.63, 3.8) is 0 Å². The van der Waals surface area contributed by atoms with Gasteiger partial charge in [-0.25, -0.2) is 0 Å². The smallest absolute Gasteiger partial charge is 0.345 e. The Labute approximate surface area is 194 Å². The van der Waals surface area contributed by atoms with Crippen LogP contribution >= 0.6 is 7.60 Å². The Morgan fingerprint density at radius 2 is 1.76 bits per heavy atom. The highest BCUT2D eigenvalue weighted by Crippen LogP contribution is 2.55. The number of hydrogen-bond donors (Lipinski definition) is 0. The number of esters is 1. The second kappa shape index (κ2) is 9.95. The maximum atomic E-state index is 13.5. The maximum absolute atomic E-state index is 13.5. The number of carbonyl (C=O) groups excluding carboxylic acids is 1. The standard InChI is InChI=1S/C23H33N2O7P/c1-7-29-33(27,30-8-2)18(20(26)31-22(3,4)5)15-19-24-21(25-32-19)23(13-14-23)16-9-11-17(28-6)12-10-16/h9-12,18H,7-8,13-15H2,1-6H3. The lowest BCUT2D eigenvalue weighted by atomic mass is 9.95. The minimum absolute atomic E-state index is 0.113. The first-order valence-corrected chi connectivity index (χ1v) is 12.8. The lowest BCUT2D eigenvalue weighted by Gasteiger charge is -2.27. The van der Waals surface area contributed by atoms with Crippen molar-refractivity contribution < 1.29 is 32.4 Å². The fourth-order valence-electron chi connectivity index (χ4n) is 3.65. The third-order valence-electron chi connectivity index (χ3n) is 5.34. The van der Waals surface area contributed by atoms with E-state index in [0.717, 1.165) is 24.2 Å². The summed E-state index contributed by atoms with van der Waals surface area (Å²) in [5.74, 6) is 0.795. The molecule has 0 aliphatic heterocycles. The van der Waals surface area contributed by atoms with Crippen LogP contribution in [0.5, 0.6) is 5.75 Å². The predicted molar refractivity (Wildman–Crippen MR) is 122 cm³/mol. The van der Waals surface area contributed by atoms with E-state index >= 15 is 0 Å². The van der Waals surface area contributed by atoms with Crippen LogP contribution in [0.4, 0.5) is 0 Å². The summed E-state index contributed by atoms with van der Waals surface area (Å²) in [6.45, 7) is 8.83. The van der Waals surface area contributed by atoms with Crippen molar-refractivity contribution in [3.05, 3.63) is 41.5 Å². The number of methoxy groups -OCH3 is 1. The summed E-state index contributed by atoms with van der Waals surface area (Å²) in [7, 11) is -2.21. The van der Waals surface area contributed by atoms with E-state index in [1.165, 1.54) is 0 Å². The molecule has 1 atom stereocenters. The summed E-state index contributed by atoms with van der Waals surface area (Å²) in [5, 5.41) is 4.19. The van der Waals surface area contributed by atoms with E-state index in [4.69, 9.17) is 23.0 Å². The van der Waals surface area contributed by atoms with E-state index in [1.54, 1.807) is 41.7 Å². The van der Waals surface area contributed by atoms with E-state index in [1.807, 2.05) is 24.3 Å². The highest BCUT2D eigenvalue weighted by Gasteiger charge is 2.51. The normalized spacial score (nSPS) is 16.3. The highest BCUT2D eigenvalue weighted by atomic mass is 31.2. The topological polar surface area (TPSA) is 110 Å². The van der Waals surface area contributed by atoms with Gasteiger partial charge in [-0.05, 0) is 65.2 Å². The number of nitrogens with zero attached hydrogens (tertiary/aromatic N) is 2. The van der Waals surface area contributed by atoms with Crippen molar-refractivity contribution in [2.24, 2.45) is 0 Å². The van der Waals surface area contributed by atoms with Crippen molar-refractivity contribution >= 4 is 13.6 Å². The summed E-state index contributed by atoms with van der Waals surface area (Å²) in [4.78, 5) is 17.6. The molecule has 1 heterocycles. The molecule has 0 N–H and O–H groups in total. The predicted octanol–water partition coefficient (Wildman–Crippen LogP) is 4.68. The van der Waals surface area contributed by atoms with Crippen LogP contribution in [0.2, 0.25) is 0 Å². The van der Waals surface area contributed by atoms with Crippen LogP contribution in [0, 0.1) is 0 Å². The Morgan fingerprint density at radius 1 is 1.15 bits per heavy atom. The molecule has 0 saturated heterocycles. The molecule has 1 unspecified atom stereocenters. The molecule has 1 aliphatic carbocycles. The molecule has 1 aliphatic rings. The summed E-state index contributed by atoms with van der Waals surface area (Å²) in [5.41, 5.74) is -1.26. The van der Waals surface area contributed by atoms with Crippen LogP contribution in [-0.4, -0.2) is 47.7 Å². The van der Waals surface area contributed by atoms with Crippen LogP contribution < -0.4 is 4.74 Å². The molecule has 182 valence electrons. The van der Waals surface area contributed by atoms with E-state index in [0.29, 0.717) is 5.82 Å². The first-order chi connectivity index (χ1) is 15.6. The van der Waals surface area contributed by atoms with Gasteiger partial charge in [-0.15, -0.1) is 0 Å². The van der Waals surface area contributed by atoms with Gasteiger partial charge in [0.05, 0.1) is 32.2 Å². The van der Waals surface area contributed by atoms with Crippen LogP contribution in [0.1, 0.15) is 64.7 Å². The van der Waals surface area contributed by atoms with Gasteiger partial charge in [0.1, 0.15) is 11.4 Å². The van der Waals surface area contributed by atoms with Crippen molar-refractivity contribution in [1.82, 2.24) is 10.1 Å². The van der Waals surface area contributed by atoms with Gasteiger partial charge in [0.2, 0.25) is 5.89 Å². The molecule has 1 saturated carbocycles. The maximum Gasteiger partial charge on any atom is 0.345 e. The van der Waals surface area contributed by atoms with E-state index < -0.39 is 24.8 Å². The van der Waals surface area contributed by atoms with E-state index in [-0.39, 0.29) is 30.9 Å². The Balaban J connectivity index is 1.88. The fraction of sp³-hybridized carbons (Fsp3) is 0.609. The highest BCUT2D eigenvalue weighted by molar-refractivity contribution is 7.55. The average Bonchev–Trinajstić information content (AvgIpc) is 3.42. The first-order valence-electron chi connectivity index (χ1n) is 11.2.